The molecule has 0 saturated heterocycles. The van der Waals surface area contributed by atoms with Gasteiger partial charge in [0, 0.05) is 16.3 Å². The highest BCUT2D eigenvalue weighted by Gasteiger charge is 2.09. The van der Waals surface area contributed by atoms with E-state index in [-0.39, 0.29) is 5.91 Å². The van der Waals surface area contributed by atoms with E-state index in [0.717, 1.165) is 16.8 Å². The highest BCUT2D eigenvalue weighted by Crippen LogP contribution is 2.16. The molecule has 18 heavy (non-hydrogen) atoms. The largest absolute Gasteiger partial charge is 0.322 e. The van der Waals surface area contributed by atoms with Crippen LogP contribution in [-0.4, -0.2) is 5.91 Å². The van der Waals surface area contributed by atoms with E-state index in [0.29, 0.717) is 10.6 Å². The Morgan fingerprint density at radius 2 is 1.72 bits per heavy atom. The Balaban J connectivity index is 2.21. The molecule has 2 aromatic carbocycles. The second kappa shape index (κ2) is 5.23. The molecular weight excluding hydrogens is 246 g/mol. The summed E-state index contributed by atoms with van der Waals surface area (Å²) in [4.78, 5) is 12.1. The summed E-state index contributed by atoms with van der Waals surface area (Å²) in [6.07, 6.45) is 0. The van der Waals surface area contributed by atoms with Gasteiger partial charge < -0.3 is 5.32 Å². The van der Waals surface area contributed by atoms with E-state index in [1.54, 1.807) is 24.3 Å². The predicted octanol–water partition coefficient (Wildman–Crippen LogP) is 4.21. The first kappa shape index (κ1) is 12.7. The van der Waals surface area contributed by atoms with Gasteiger partial charge in [-0.15, -0.1) is 0 Å². The van der Waals surface area contributed by atoms with Crippen molar-refractivity contribution < 1.29 is 4.79 Å². The van der Waals surface area contributed by atoms with Crippen LogP contribution in [0.15, 0.2) is 42.5 Å². The Hall–Kier alpha value is -1.80. The van der Waals surface area contributed by atoms with Crippen LogP contribution in [0.5, 0.6) is 0 Å². The maximum atomic E-state index is 12.1. The van der Waals surface area contributed by atoms with Gasteiger partial charge >= 0.3 is 0 Å². The quantitative estimate of drug-likeness (QED) is 0.860. The van der Waals surface area contributed by atoms with Gasteiger partial charge in [0.05, 0.1) is 0 Å². The van der Waals surface area contributed by atoms with E-state index in [1.807, 2.05) is 32.0 Å². The summed E-state index contributed by atoms with van der Waals surface area (Å²) in [6, 6.07) is 12.9. The Morgan fingerprint density at radius 1 is 1.06 bits per heavy atom. The summed E-state index contributed by atoms with van der Waals surface area (Å²) in [5.41, 5.74) is 3.48. The number of hydrogen-bond acceptors (Lipinski definition) is 1. The number of anilines is 1. The van der Waals surface area contributed by atoms with Gasteiger partial charge in [0.25, 0.3) is 5.91 Å². The number of carbonyl (C=O) groups is 1. The van der Waals surface area contributed by atoms with Crippen LogP contribution in [-0.2, 0) is 0 Å². The molecule has 0 unspecified atom stereocenters. The number of carbonyl (C=O) groups excluding carboxylic acids is 1. The summed E-state index contributed by atoms with van der Waals surface area (Å²) < 4.78 is 0. The van der Waals surface area contributed by atoms with Gasteiger partial charge in [-0.2, -0.15) is 0 Å². The van der Waals surface area contributed by atoms with Crippen LogP contribution in [0.2, 0.25) is 5.02 Å². The number of amides is 1. The lowest BCUT2D eigenvalue weighted by Gasteiger charge is -2.08. The van der Waals surface area contributed by atoms with Crippen molar-refractivity contribution in [3.8, 4) is 0 Å². The number of aryl methyl sites for hydroxylation is 2. The van der Waals surface area contributed by atoms with Crippen LogP contribution in [0.25, 0.3) is 0 Å². The molecule has 0 aliphatic rings. The van der Waals surface area contributed by atoms with Crippen LogP contribution in [0.4, 0.5) is 5.69 Å². The summed E-state index contributed by atoms with van der Waals surface area (Å²) in [5.74, 6) is -0.0986. The first-order valence-corrected chi connectivity index (χ1v) is 6.08. The molecule has 2 rings (SSSR count). The molecule has 1 amide bonds. The molecule has 0 fully saturated rings. The topological polar surface area (TPSA) is 29.1 Å². The number of hydrogen-bond donors (Lipinski definition) is 1. The first-order chi connectivity index (χ1) is 8.56. The van der Waals surface area contributed by atoms with Crippen molar-refractivity contribution in [1.82, 2.24) is 0 Å². The average molecular weight is 260 g/mol. The van der Waals surface area contributed by atoms with Crippen LogP contribution < -0.4 is 5.32 Å². The molecule has 92 valence electrons. The molecule has 0 spiro atoms. The van der Waals surface area contributed by atoms with E-state index < -0.39 is 0 Å². The van der Waals surface area contributed by atoms with Gasteiger partial charge in [0.2, 0.25) is 0 Å². The van der Waals surface area contributed by atoms with E-state index >= 15 is 0 Å². The van der Waals surface area contributed by atoms with Crippen molar-refractivity contribution in [3.63, 3.8) is 0 Å². The smallest absolute Gasteiger partial charge is 0.255 e. The van der Waals surface area contributed by atoms with E-state index in [2.05, 4.69) is 5.32 Å². The van der Waals surface area contributed by atoms with Crippen molar-refractivity contribution in [3.05, 3.63) is 64.2 Å². The SMILES string of the molecule is Cc1ccc(C)c(C(=O)Nc2ccc(Cl)cc2)c1. The van der Waals surface area contributed by atoms with E-state index in [4.69, 9.17) is 11.6 Å². The minimum atomic E-state index is -0.0986. The van der Waals surface area contributed by atoms with E-state index in [1.165, 1.54) is 0 Å². The Labute approximate surface area is 112 Å². The fourth-order valence-corrected chi connectivity index (χ4v) is 1.84. The van der Waals surface area contributed by atoms with Crippen LogP contribution >= 0.6 is 11.6 Å². The highest BCUT2D eigenvalue weighted by molar-refractivity contribution is 6.30. The molecule has 1 N–H and O–H groups in total. The van der Waals surface area contributed by atoms with Gasteiger partial charge in [-0.3, -0.25) is 4.79 Å². The summed E-state index contributed by atoms with van der Waals surface area (Å²) >= 11 is 5.80. The van der Waals surface area contributed by atoms with Crippen molar-refractivity contribution in [2.45, 2.75) is 13.8 Å². The standard InChI is InChI=1S/C15H14ClNO/c1-10-3-4-11(2)14(9-10)15(18)17-13-7-5-12(16)6-8-13/h3-9H,1-2H3,(H,17,18). The maximum Gasteiger partial charge on any atom is 0.255 e. The third-order valence-electron chi connectivity index (χ3n) is 2.74. The highest BCUT2D eigenvalue weighted by atomic mass is 35.5. The molecule has 2 aromatic rings. The Kier molecular flexibility index (Phi) is 3.68. The lowest BCUT2D eigenvalue weighted by Crippen LogP contribution is -2.13. The van der Waals surface area contributed by atoms with Crippen LogP contribution in [0, 0.1) is 13.8 Å². The molecule has 0 bridgehead atoms. The number of halogens is 1. The fraction of sp³-hybridized carbons (Fsp3) is 0.133. The summed E-state index contributed by atoms with van der Waals surface area (Å²) in [7, 11) is 0. The van der Waals surface area contributed by atoms with E-state index in [9.17, 15) is 4.79 Å². The molecule has 2 nitrogen and oxygen atoms in total. The summed E-state index contributed by atoms with van der Waals surface area (Å²) in [5, 5.41) is 3.51. The van der Waals surface area contributed by atoms with Gasteiger partial charge in [0.1, 0.15) is 0 Å². The zero-order valence-corrected chi connectivity index (χ0v) is 11.1. The third kappa shape index (κ3) is 2.90. The number of nitrogens with one attached hydrogen (secondary N) is 1. The Bertz CT molecular complexity index is 576. The molecule has 0 saturated carbocycles. The van der Waals surface area contributed by atoms with Crippen molar-refractivity contribution in [2.75, 3.05) is 5.32 Å². The molecule has 3 heteroatoms. The normalized spacial score (nSPS) is 10.2. The van der Waals surface area contributed by atoms with Crippen molar-refractivity contribution in [2.24, 2.45) is 0 Å². The molecule has 0 radical (unpaired) electrons. The zero-order chi connectivity index (χ0) is 13.1. The minimum absolute atomic E-state index is 0.0986. The van der Waals surface area contributed by atoms with Gasteiger partial charge in [-0.05, 0) is 49.7 Å². The van der Waals surface area contributed by atoms with Gasteiger partial charge in [0.15, 0.2) is 0 Å². The van der Waals surface area contributed by atoms with Gasteiger partial charge in [-0.1, -0.05) is 29.3 Å². The number of rotatable bonds is 2. The lowest BCUT2D eigenvalue weighted by atomic mass is 10.1. The monoisotopic (exact) mass is 259 g/mol. The summed E-state index contributed by atoms with van der Waals surface area (Å²) in [6.45, 7) is 3.90. The third-order valence-corrected chi connectivity index (χ3v) is 2.99. The predicted molar refractivity (Wildman–Crippen MR) is 75.3 cm³/mol. The average Bonchev–Trinajstić information content (AvgIpc) is 2.35. The zero-order valence-electron chi connectivity index (χ0n) is 10.3. The Morgan fingerprint density at radius 3 is 2.39 bits per heavy atom. The molecule has 0 aliphatic carbocycles. The molecule has 0 atom stereocenters. The maximum absolute atomic E-state index is 12.1. The number of benzene rings is 2. The molecular formula is C15H14ClNO. The first-order valence-electron chi connectivity index (χ1n) is 5.70. The fourth-order valence-electron chi connectivity index (χ4n) is 1.71. The second-order valence-corrected chi connectivity index (χ2v) is 4.72. The minimum Gasteiger partial charge on any atom is -0.322 e. The second-order valence-electron chi connectivity index (χ2n) is 4.28. The lowest BCUT2D eigenvalue weighted by molar-refractivity contribution is 0.102. The van der Waals surface area contributed by atoms with Crippen molar-refractivity contribution >= 4 is 23.2 Å². The molecule has 0 aromatic heterocycles. The van der Waals surface area contributed by atoms with Crippen LogP contribution in [0.3, 0.4) is 0 Å². The molecule has 0 heterocycles. The molecule has 0 aliphatic heterocycles. The van der Waals surface area contributed by atoms with Crippen LogP contribution in [0.1, 0.15) is 21.5 Å². The van der Waals surface area contributed by atoms with Gasteiger partial charge in [-0.25, -0.2) is 0 Å². The van der Waals surface area contributed by atoms with Crippen molar-refractivity contribution in [1.29, 1.82) is 0 Å².